The van der Waals surface area contributed by atoms with Crippen molar-refractivity contribution in [3.63, 3.8) is 0 Å². The maximum absolute atomic E-state index is 11.3. The molecule has 0 aliphatic rings. The molecule has 6 heteroatoms. The molecule has 0 rings (SSSR count). The van der Waals surface area contributed by atoms with Gasteiger partial charge in [-0.2, -0.15) is 0 Å². The highest BCUT2D eigenvalue weighted by Gasteiger charge is 2.15. The van der Waals surface area contributed by atoms with E-state index in [1.807, 2.05) is 20.8 Å². The zero-order valence-electron chi connectivity index (χ0n) is 12.8. The fraction of sp³-hybridized carbons (Fsp3) is 0.786. The molecular weight excluding hydrogens is 262 g/mol. The zero-order chi connectivity index (χ0) is 15.3. The first-order valence-electron chi connectivity index (χ1n) is 6.76. The second kappa shape index (κ2) is 11.7. The summed E-state index contributed by atoms with van der Waals surface area (Å²) in [6, 6.07) is 0. The lowest BCUT2D eigenvalue weighted by Crippen LogP contribution is -2.34. The topological polar surface area (TPSA) is 66.0 Å². The highest BCUT2D eigenvalue weighted by Crippen LogP contribution is 2.05. The molecule has 20 heavy (non-hydrogen) atoms. The van der Waals surface area contributed by atoms with Gasteiger partial charge in [-0.3, -0.25) is 0 Å². The van der Waals surface area contributed by atoms with Gasteiger partial charge >= 0.3 is 6.09 Å². The van der Waals surface area contributed by atoms with E-state index in [1.165, 1.54) is 0 Å². The SMILES string of the molecule is C=CCOCCOCCOCCNC(=O)OC(C)(C)C. The lowest BCUT2D eigenvalue weighted by molar-refractivity contribution is 0.0186. The second-order valence-electron chi connectivity index (χ2n) is 5.02. The number of carbonyl (C=O) groups is 1. The van der Waals surface area contributed by atoms with Crippen LogP contribution < -0.4 is 5.32 Å². The molecule has 0 saturated heterocycles. The van der Waals surface area contributed by atoms with Crippen molar-refractivity contribution in [1.82, 2.24) is 5.32 Å². The fourth-order valence-electron chi connectivity index (χ4n) is 1.15. The molecule has 0 aromatic heterocycles. The molecule has 0 aliphatic heterocycles. The van der Waals surface area contributed by atoms with E-state index in [-0.39, 0.29) is 0 Å². The van der Waals surface area contributed by atoms with Gasteiger partial charge in [0.05, 0.1) is 39.6 Å². The quantitative estimate of drug-likeness (QED) is 0.463. The number of alkyl carbamates (subject to hydrolysis) is 1. The van der Waals surface area contributed by atoms with Gasteiger partial charge in [0.1, 0.15) is 5.60 Å². The minimum atomic E-state index is -0.480. The summed E-state index contributed by atoms with van der Waals surface area (Å²) in [4.78, 5) is 11.3. The molecule has 1 amide bonds. The minimum absolute atomic E-state index is 0.414. The Morgan fingerprint density at radius 1 is 1.05 bits per heavy atom. The van der Waals surface area contributed by atoms with Crippen LogP contribution in [-0.2, 0) is 18.9 Å². The Balaban J connectivity index is 3.20. The monoisotopic (exact) mass is 289 g/mol. The average Bonchev–Trinajstić information content (AvgIpc) is 2.34. The van der Waals surface area contributed by atoms with Gasteiger partial charge < -0.3 is 24.3 Å². The van der Waals surface area contributed by atoms with Crippen LogP contribution in [0.3, 0.4) is 0 Å². The van der Waals surface area contributed by atoms with Crippen LogP contribution in [-0.4, -0.2) is 57.9 Å². The highest BCUT2D eigenvalue weighted by molar-refractivity contribution is 5.67. The highest BCUT2D eigenvalue weighted by atomic mass is 16.6. The lowest BCUT2D eigenvalue weighted by atomic mass is 10.2. The summed E-state index contributed by atoms with van der Waals surface area (Å²) in [5.74, 6) is 0. The van der Waals surface area contributed by atoms with E-state index in [0.29, 0.717) is 46.2 Å². The van der Waals surface area contributed by atoms with E-state index in [1.54, 1.807) is 6.08 Å². The standard InChI is InChI=1S/C14H27NO5/c1-5-7-17-9-11-19-12-10-18-8-6-15-13(16)20-14(2,3)4/h5H,1,6-12H2,2-4H3,(H,15,16). The Kier molecular flexibility index (Phi) is 11.0. The summed E-state index contributed by atoms with van der Waals surface area (Å²) in [6.45, 7) is 12.4. The first-order chi connectivity index (χ1) is 9.45. The maximum atomic E-state index is 11.3. The zero-order valence-corrected chi connectivity index (χ0v) is 12.8. The van der Waals surface area contributed by atoms with Crippen molar-refractivity contribution in [1.29, 1.82) is 0 Å². The van der Waals surface area contributed by atoms with Gasteiger partial charge in [-0.25, -0.2) is 4.79 Å². The number of hydrogen-bond donors (Lipinski definition) is 1. The third-order valence-electron chi connectivity index (χ3n) is 1.89. The Hall–Kier alpha value is -1.11. The van der Waals surface area contributed by atoms with Crippen LogP contribution in [0.5, 0.6) is 0 Å². The average molecular weight is 289 g/mol. The Morgan fingerprint density at radius 2 is 1.60 bits per heavy atom. The molecule has 6 nitrogen and oxygen atoms in total. The van der Waals surface area contributed by atoms with Crippen molar-refractivity contribution in [3.8, 4) is 0 Å². The first-order valence-corrected chi connectivity index (χ1v) is 6.76. The van der Waals surface area contributed by atoms with Crippen molar-refractivity contribution in [2.75, 3.05) is 46.2 Å². The molecule has 0 atom stereocenters. The molecular formula is C14H27NO5. The third kappa shape index (κ3) is 14.9. The smallest absolute Gasteiger partial charge is 0.407 e. The first kappa shape index (κ1) is 18.9. The summed E-state index contributed by atoms with van der Waals surface area (Å²) in [5, 5.41) is 2.61. The molecule has 1 N–H and O–H groups in total. The van der Waals surface area contributed by atoms with Crippen LogP contribution >= 0.6 is 0 Å². The van der Waals surface area contributed by atoms with Crippen molar-refractivity contribution < 1.29 is 23.7 Å². The Morgan fingerprint density at radius 3 is 2.15 bits per heavy atom. The predicted molar refractivity (Wildman–Crippen MR) is 76.9 cm³/mol. The molecule has 0 bridgehead atoms. The molecule has 0 radical (unpaired) electrons. The number of nitrogens with one attached hydrogen (secondary N) is 1. The van der Waals surface area contributed by atoms with Crippen LogP contribution in [0, 0.1) is 0 Å². The van der Waals surface area contributed by atoms with Gasteiger partial charge in [0.25, 0.3) is 0 Å². The summed E-state index contributed by atoms with van der Waals surface area (Å²) in [7, 11) is 0. The van der Waals surface area contributed by atoms with Gasteiger partial charge in [-0.15, -0.1) is 6.58 Å². The van der Waals surface area contributed by atoms with Crippen molar-refractivity contribution in [2.45, 2.75) is 26.4 Å². The summed E-state index contributed by atoms with van der Waals surface area (Å²) in [6.07, 6.45) is 1.26. The third-order valence-corrected chi connectivity index (χ3v) is 1.89. The van der Waals surface area contributed by atoms with Crippen molar-refractivity contribution >= 4 is 6.09 Å². The van der Waals surface area contributed by atoms with E-state index in [4.69, 9.17) is 18.9 Å². The van der Waals surface area contributed by atoms with Crippen LogP contribution in [0.15, 0.2) is 12.7 Å². The number of rotatable bonds is 11. The summed E-state index contributed by atoms with van der Waals surface area (Å²) >= 11 is 0. The molecule has 0 unspecified atom stereocenters. The van der Waals surface area contributed by atoms with Crippen molar-refractivity contribution in [2.24, 2.45) is 0 Å². The number of hydrogen-bond acceptors (Lipinski definition) is 5. The van der Waals surface area contributed by atoms with Gasteiger partial charge in [-0.05, 0) is 20.8 Å². The van der Waals surface area contributed by atoms with Crippen LogP contribution in [0.4, 0.5) is 4.79 Å². The molecule has 0 fully saturated rings. The van der Waals surface area contributed by atoms with Crippen LogP contribution in [0.1, 0.15) is 20.8 Å². The predicted octanol–water partition coefficient (Wildman–Crippen LogP) is 1.75. The fourth-order valence-corrected chi connectivity index (χ4v) is 1.15. The van der Waals surface area contributed by atoms with E-state index < -0.39 is 11.7 Å². The molecule has 0 aromatic rings. The number of ether oxygens (including phenoxy) is 4. The number of amides is 1. The number of carbonyl (C=O) groups excluding carboxylic acids is 1. The van der Waals surface area contributed by atoms with Crippen LogP contribution in [0.25, 0.3) is 0 Å². The van der Waals surface area contributed by atoms with Gasteiger partial charge in [0.2, 0.25) is 0 Å². The molecule has 118 valence electrons. The van der Waals surface area contributed by atoms with E-state index in [0.717, 1.165) is 0 Å². The molecule has 0 spiro atoms. The van der Waals surface area contributed by atoms with E-state index in [9.17, 15) is 4.79 Å². The Labute approximate surface area is 121 Å². The van der Waals surface area contributed by atoms with Gasteiger partial charge in [0.15, 0.2) is 0 Å². The van der Waals surface area contributed by atoms with Crippen LogP contribution in [0.2, 0.25) is 0 Å². The van der Waals surface area contributed by atoms with Gasteiger partial charge in [-0.1, -0.05) is 6.08 Å². The van der Waals surface area contributed by atoms with E-state index in [2.05, 4.69) is 11.9 Å². The maximum Gasteiger partial charge on any atom is 0.407 e. The molecule has 0 aliphatic carbocycles. The largest absolute Gasteiger partial charge is 0.444 e. The lowest BCUT2D eigenvalue weighted by Gasteiger charge is -2.19. The Bertz CT molecular complexity index is 263. The minimum Gasteiger partial charge on any atom is -0.444 e. The molecule has 0 aromatic carbocycles. The summed E-state index contributed by atoms with van der Waals surface area (Å²) in [5.41, 5.74) is -0.480. The molecule has 0 saturated carbocycles. The van der Waals surface area contributed by atoms with Crippen molar-refractivity contribution in [3.05, 3.63) is 12.7 Å². The summed E-state index contributed by atoms with van der Waals surface area (Å²) < 4.78 is 20.8. The van der Waals surface area contributed by atoms with Gasteiger partial charge in [0, 0.05) is 6.54 Å². The van der Waals surface area contributed by atoms with E-state index >= 15 is 0 Å². The normalized spacial score (nSPS) is 11.2. The second-order valence-corrected chi connectivity index (χ2v) is 5.02. The molecule has 0 heterocycles.